The first-order valence-corrected chi connectivity index (χ1v) is 5.27. The molecule has 0 spiro atoms. The Morgan fingerprint density at radius 3 is 1.75 bits per heavy atom. The van der Waals surface area contributed by atoms with E-state index >= 15 is 0 Å². The molecule has 0 radical (unpaired) electrons. The van der Waals surface area contributed by atoms with Crippen molar-refractivity contribution < 1.29 is 5.11 Å². The van der Waals surface area contributed by atoms with Crippen LogP contribution in [0.4, 0.5) is 0 Å². The molecule has 1 aliphatic rings. The molecule has 0 aromatic rings. The van der Waals surface area contributed by atoms with Crippen LogP contribution in [-0.2, 0) is 0 Å². The van der Waals surface area contributed by atoms with E-state index in [1.54, 1.807) is 0 Å². The summed E-state index contributed by atoms with van der Waals surface area (Å²) in [6, 6.07) is 0. The molecular formula is C11H24O. The molecule has 1 heteroatoms. The number of hydrogen-bond donors (Lipinski definition) is 1. The number of rotatable bonds is 1. The Morgan fingerprint density at radius 1 is 1.17 bits per heavy atom. The summed E-state index contributed by atoms with van der Waals surface area (Å²) in [6.07, 6.45) is 7.44. The lowest BCUT2D eigenvalue weighted by Crippen LogP contribution is -1.99. The second-order valence-corrected chi connectivity index (χ2v) is 4.32. The highest BCUT2D eigenvalue weighted by Crippen LogP contribution is 2.21. The maximum Gasteiger partial charge on any atom is 0.0453 e. The lowest BCUT2D eigenvalue weighted by atomic mass is 9.91. The van der Waals surface area contributed by atoms with Gasteiger partial charge in [0.15, 0.2) is 0 Å². The van der Waals surface area contributed by atoms with Crippen molar-refractivity contribution in [2.24, 2.45) is 11.8 Å². The number of hydrogen-bond acceptors (Lipinski definition) is 1. The summed E-state index contributed by atoms with van der Waals surface area (Å²) in [5.41, 5.74) is 0. The normalized spacial score (nSPS) is 18.8. The summed E-state index contributed by atoms with van der Waals surface area (Å²) in [5.74, 6) is 1.48. The molecule has 1 N–H and O–H groups in total. The predicted molar refractivity (Wildman–Crippen MR) is 54.2 cm³/mol. The van der Waals surface area contributed by atoms with Crippen LogP contribution < -0.4 is 0 Å². The first-order valence-electron chi connectivity index (χ1n) is 5.27. The van der Waals surface area contributed by atoms with Crippen molar-refractivity contribution in [2.75, 3.05) is 6.61 Å². The van der Waals surface area contributed by atoms with E-state index in [1.165, 1.54) is 32.1 Å². The summed E-state index contributed by atoms with van der Waals surface area (Å²) >= 11 is 0. The second kappa shape index (κ2) is 7.60. The van der Waals surface area contributed by atoms with Gasteiger partial charge in [0.1, 0.15) is 0 Å². The zero-order valence-electron chi connectivity index (χ0n) is 8.84. The first kappa shape index (κ1) is 12.0. The Hall–Kier alpha value is -0.0400. The summed E-state index contributed by atoms with van der Waals surface area (Å²) in [6.45, 7) is 6.61. The molecule has 0 unspecified atom stereocenters. The van der Waals surface area contributed by atoms with Crippen molar-refractivity contribution in [3.05, 3.63) is 0 Å². The molecule has 1 fully saturated rings. The van der Waals surface area contributed by atoms with Crippen molar-refractivity contribution in [2.45, 2.75) is 52.9 Å². The Balaban J connectivity index is 0.000000217. The van der Waals surface area contributed by atoms with E-state index in [0.29, 0.717) is 12.5 Å². The van der Waals surface area contributed by atoms with Gasteiger partial charge >= 0.3 is 0 Å². The third-order valence-corrected chi connectivity index (χ3v) is 2.26. The highest BCUT2D eigenvalue weighted by Gasteiger charge is 2.05. The fourth-order valence-electron chi connectivity index (χ4n) is 1.31. The van der Waals surface area contributed by atoms with Gasteiger partial charge in [-0.2, -0.15) is 0 Å². The van der Waals surface area contributed by atoms with E-state index in [1.807, 2.05) is 13.8 Å². The molecule has 74 valence electrons. The lowest BCUT2D eigenvalue weighted by molar-refractivity contribution is 0.248. The van der Waals surface area contributed by atoms with Crippen LogP contribution in [0, 0.1) is 11.8 Å². The zero-order valence-corrected chi connectivity index (χ0v) is 8.84. The largest absolute Gasteiger partial charge is 0.396 e. The van der Waals surface area contributed by atoms with Gasteiger partial charge in [-0.05, 0) is 11.8 Å². The maximum absolute atomic E-state index is 8.14. The van der Waals surface area contributed by atoms with E-state index in [4.69, 9.17) is 5.11 Å². The Morgan fingerprint density at radius 2 is 1.58 bits per heavy atom. The zero-order chi connectivity index (χ0) is 9.40. The molecular weight excluding hydrogens is 148 g/mol. The molecule has 1 aliphatic carbocycles. The van der Waals surface area contributed by atoms with Crippen LogP contribution >= 0.6 is 0 Å². The SMILES string of the molecule is CC(C)CO.CC1CCCCC1. The van der Waals surface area contributed by atoms with Crippen molar-refractivity contribution in [3.8, 4) is 0 Å². The Kier molecular flexibility index (Phi) is 7.58. The quantitative estimate of drug-likeness (QED) is 0.644. The third kappa shape index (κ3) is 8.06. The van der Waals surface area contributed by atoms with Crippen LogP contribution in [0.3, 0.4) is 0 Å². The maximum atomic E-state index is 8.14. The van der Waals surface area contributed by atoms with E-state index < -0.39 is 0 Å². The molecule has 0 heterocycles. The van der Waals surface area contributed by atoms with Crippen LogP contribution in [0.25, 0.3) is 0 Å². The number of aliphatic hydroxyl groups excluding tert-OH is 1. The molecule has 0 aromatic carbocycles. The van der Waals surface area contributed by atoms with Gasteiger partial charge in [-0.25, -0.2) is 0 Å². The smallest absolute Gasteiger partial charge is 0.0453 e. The number of aliphatic hydroxyl groups is 1. The Labute approximate surface area is 77.2 Å². The molecule has 12 heavy (non-hydrogen) atoms. The predicted octanol–water partition coefficient (Wildman–Crippen LogP) is 3.22. The van der Waals surface area contributed by atoms with Crippen LogP contribution in [-0.4, -0.2) is 11.7 Å². The highest BCUT2D eigenvalue weighted by atomic mass is 16.3. The van der Waals surface area contributed by atoms with Gasteiger partial charge in [0.25, 0.3) is 0 Å². The minimum atomic E-state index is 0.306. The van der Waals surface area contributed by atoms with Crippen molar-refractivity contribution in [3.63, 3.8) is 0 Å². The topological polar surface area (TPSA) is 20.2 Å². The van der Waals surface area contributed by atoms with E-state index in [0.717, 1.165) is 5.92 Å². The summed E-state index contributed by atoms with van der Waals surface area (Å²) < 4.78 is 0. The average molecular weight is 172 g/mol. The molecule has 0 amide bonds. The van der Waals surface area contributed by atoms with E-state index in [2.05, 4.69) is 6.92 Å². The van der Waals surface area contributed by atoms with Gasteiger partial charge < -0.3 is 5.11 Å². The monoisotopic (exact) mass is 172 g/mol. The van der Waals surface area contributed by atoms with Gasteiger partial charge in [0.05, 0.1) is 0 Å². The summed E-state index contributed by atoms with van der Waals surface area (Å²) in [4.78, 5) is 0. The minimum Gasteiger partial charge on any atom is -0.396 e. The fraction of sp³-hybridized carbons (Fsp3) is 1.00. The van der Waals surface area contributed by atoms with Gasteiger partial charge in [-0.15, -0.1) is 0 Å². The van der Waals surface area contributed by atoms with Crippen LogP contribution in [0.5, 0.6) is 0 Å². The van der Waals surface area contributed by atoms with Crippen molar-refractivity contribution >= 4 is 0 Å². The van der Waals surface area contributed by atoms with Gasteiger partial charge in [-0.3, -0.25) is 0 Å². The third-order valence-electron chi connectivity index (χ3n) is 2.26. The highest BCUT2D eigenvalue weighted by molar-refractivity contribution is 4.59. The standard InChI is InChI=1S/C7H14.C4H10O/c1-7-5-3-2-4-6-7;1-4(2)3-5/h7H,2-6H2,1H3;4-5H,3H2,1-2H3. The molecule has 1 nitrogen and oxygen atoms in total. The van der Waals surface area contributed by atoms with Crippen molar-refractivity contribution in [1.29, 1.82) is 0 Å². The minimum absolute atomic E-state index is 0.306. The van der Waals surface area contributed by atoms with Crippen molar-refractivity contribution in [1.82, 2.24) is 0 Å². The first-order chi connectivity index (χ1) is 5.66. The van der Waals surface area contributed by atoms with Crippen LogP contribution in [0.2, 0.25) is 0 Å². The summed E-state index contributed by atoms with van der Waals surface area (Å²) in [7, 11) is 0. The molecule has 0 aliphatic heterocycles. The molecule has 0 saturated heterocycles. The van der Waals surface area contributed by atoms with Crippen LogP contribution in [0.1, 0.15) is 52.9 Å². The second-order valence-electron chi connectivity index (χ2n) is 4.32. The molecule has 1 rings (SSSR count). The van der Waals surface area contributed by atoms with Gasteiger partial charge in [0, 0.05) is 6.61 Å². The lowest BCUT2D eigenvalue weighted by Gasteiger charge is -2.15. The molecule has 1 saturated carbocycles. The summed E-state index contributed by atoms with van der Waals surface area (Å²) in [5, 5.41) is 8.14. The van der Waals surface area contributed by atoms with E-state index in [9.17, 15) is 0 Å². The van der Waals surface area contributed by atoms with E-state index in [-0.39, 0.29) is 0 Å². The molecule has 0 atom stereocenters. The van der Waals surface area contributed by atoms with Gasteiger partial charge in [0.2, 0.25) is 0 Å². The average Bonchev–Trinajstić information content (AvgIpc) is 2.07. The molecule has 0 aromatic heterocycles. The fourth-order valence-corrected chi connectivity index (χ4v) is 1.31. The van der Waals surface area contributed by atoms with Gasteiger partial charge in [-0.1, -0.05) is 52.9 Å². The van der Waals surface area contributed by atoms with Crippen LogP contribution in [0.15, 0.2) is 0 Å². The Bertz CT molecular complexity index is 83.0. The molecule has 0 bridgehead atoms.